The van der Waals surface area contributed by atoms with Gasteiger partial charge in [-0.2, -0.15) is 0 Å². The van der Waals surface area contributed by atoms with Gasteiger partial charge in [-0.05, 0) is 6.16 Å². The van der Waals surface area contributed by atoms with E-state index in [9.17, 15) is 0 Å². The molecule has 48 valence electrons. The molecule has 7 heteroatoms. The molecule has 0 heterocycles. The summed E-state index contributed by atoms with van der Waals surface area (Å²) in [7, 11) is 0. The second-order valence-corrected chi connectivity index (χ2v) is 0.510. The van der Waals surface area contributed by atoms with E-state index in [0.29, 0.717) is 0 Å². The number of hydrogen-bond donors (Lipinski definition) is 0. The molecule has 0 atom stereocenters. The number of carboxylic acid groups (broad SMARTS) is 2. The zero-order chi connectivity index (χ0) is 6.28. The van der Waals surface area contributed by atoms with Gasteiger partial charge in [0.25, 0.3) is 0 Å². The molecule has 0 unspecified atom stereocenters. The predicted octanol–water partition coefficient (Wildman–Crippen LogP) is -2.69. The molecule has 0 aromatic heterocycles. The molecule has 8 heavy (non-hydrogen) atoms. The molecule has 0 spiro atoms. The van der Waals surface area contributed by atoms with Crippen LogP contribution in [0.5, 0.6) is 0 Å². The standard InChI is InChI=1S/CH2O3.2Mn.2O/c2-1(3)4;;;;/h(H2,2,3,4);;;;/q;;+2;;/p-2. The topological polar surface area (TPSA) is 97.3 Å². The first kappa shape index (κ1) is 15.7. The molecule has 1 radical (unpaired) electrons. The van der Waals surface area contributed by atoms with Crippen molar-refractivity contribution in [3.63, 3.8) is 0 Å². The third-order valence-corrected chi connectivity index (χ3v) is 0. The predicted molar refractivity (Wildman–Crippen MR) is 6.77 cm³/mol. The van der Waals surface area contributed by atoms with Gasteiger partial charge in [-0.1, -0.05) is 0 Å². The first-order chi connectivity index (χ1) is 3.15. The minimum atomic E-state index is -2.33. The van der Waals surface area contributed by atoms with Crippen molar-refractivity contribution in [3.8, 4) is 0 Å². The van der Waals surface area contributed by atoms with Crippen LogP contribution in [0.25, 0.3) is 0 Å². The molecule has 0 aliphatic rings. The average Bonchev–Trinajstić information content (AvgIpc) is 1.33. The molecule has 0 amide bonds. The van der Waals surface area contributed by atoms with E-state index in [1.165, 1.54) is 0 Å². The Morgan fingerprint density at radius 2 is 1.25 bits per heavy atom. The van der Waals surface area contributed by atoms with Gasteiger partial charge in [-0.25, -0.2) is 0 Å². The monoisotopic (exact) mass is 202 g/mol. The van der Waals surface area contributed by atoms with Crippen LogP contribution in [0.15, 0.2) is 0 Å². The summed E-state index contributed by atoms with van der Waals surface area (Å²) in [5.41, 5.74) is 0. The van der Waals surface area contributed by atoms with Crippen molar-refractivity contribution in [3.05, 3.63) is 0 Å². The zero-order valence-electron chi connectivity index (χ0n) is 3.30. The van der Waals surface area contributed by atoms with Crippen molar-refractivity contribution < 1.29 is 54.6 Å². The summed E-state index contributed by atoms with van der Waals surface area (Å²) >= 11 is -1.44. The molecular weight excluding hydrogens is 202 g/mol. The molecule has 0 aliphatic heterocycles. The third kappa shape index (κ3) is 17200. The quantitative estimate of drug-likeness (QED) is 0.398. The van der Waals surface area contributed by atoms with Gasteiger partial charge in [-0.3, -0.25) is 0 Å². The molecule has 5 nitrogen and oxygen atoms in total. The van der Waals surface area contributed by atoms with Gasteiger partial charge in [0.05, 0.1) is 0 Å². The van der Waals surface area contributed by atoms with Crippen LogP contribution < -0.4 is 10.2 Å². The SMILES string of the molecule is O=C([O-])[O-].[Mn+2].[O]=[Mn]=[O]. The summed E-state index contributed by atoms with van der Waals surface area (Å²) in [4.78, 5) is 8.33. The first-order valence-corrected chi connectivity index (χ1v) is 1.88. The Morgan fingerprint density at radius 1 is 1.25 bits per heavy atom. The van der Waals surface area contributed by atoms with Gasteiger partial charge in [0.15, 0.2) is 0 Å². The van der Waals surface area contributed by atoms with Crippen LogP contribution in [0.4, 0.5) is 4.79 Å². The third-order valence-electron chi connectivity index (χ3n) is 0. The zero-order valence-corrected chi connectivity index (χ0v) is 5.66. The molecule has 0 saturated heterocycles. The van der Waals surface area contributed by atoms with E-state index in [0.717, 1.165) is 0 Å². The number of rotatable bonds is 0. The number of carbonyl (C=O) groups excluding carboxylic acids is 1. The van der Waals surface area contributed by atoms with Crippen LogP contribution in [0.2, 0.25) is 0 Å². The number of carbonyl (C=O) groups is 1. The molecule has 0 saturated carbocycles. The molecule has 0 rings (SSSR count). The Labute approximate surface area is 61.1 Å². The molecule has 0 aromatic rings. The molecule has 0 bridgehead atoms. The Hall–Kier alpha value is -0.0910. The van der Waals surface area contributed by atoms with Gasteiger partial charge in [0, 0.05) is 0 Å². The summed E-state index contributed by atoms with van der Waals surface area (Å²) in [6.45, 7) is 0. The van der Waals surface area contributed by atoms with Crippen molar-refractivity contribution in [1.29, 1.82) is 0 Å². The van der Waals surface area contributed by atoms with Crippen LogP contribution in [0, 0.1) is 0 Å². The fourth-order valence-corrected chi connectivity index (χ4v) is 0. The number of hydrogen-bond acceptors (Lipinski definition) is 5. The normalized spacial score (nSPS) is 4.50. The summed E-state index contributed by atoms with van der Waals surface area (Å²) in [5.74, 6) is 0. The average molecular weight is 202 g/mol. The molecule has 0 N–H and O–H groups in total. The van der Waals surface area contributed by atoms with E-state index in [2.05, 4.69) is 0 Å². The Kier molecular flexibility index (Phi) is 30.9. The Balaban J connectivity index is -0.0000000575. The van der Waals surface area contributed by atoms with Crippen LogP contribution in [0.3, 0.4) is 0 Å². The van der Waals surface area contributed by atoms with Gasteiger partial charge in [-0.15, -0.1) is 0 Å². The van der Waals surface area contributed by atoms with E-state index in [1.54, 1.807) is 0 Å². The van der Waals surface area contributed by atoms with E-state index in [4.69, 9.17) is 22.7 Å². The molecule has 0 aliphatic carbocycles. The van der Waals surface area contributed by atoms with Crippen molar-refractivity contribution in [2.45, 2.75) is 0 Å². The summed E-state index contributed by atoms with van der Waals surface area (Å²) in [5, 5.41) is 16.7. The maximum atomic E-state index is 8.41. The summed E-state index contributed by atoms with van der Waals surface area (Å²) < 4.78 is 16.8. The van der Waals surface area contributed by atoms with E-state index in [-0.39, 0.29) is 17.1 Å². The minimum absolute atomic E-state index is 0. The molecular formula is CMn2O5. The van der Waals surface area contributed by atoms with Crippen molar-refractivity contribution >= 4 is 6.16 Å². The van der Waals surface area contributed by atoms with Crippen molar-refractivity contribution in [2.75, 3.05) is 0 Å². The van der Waals surface area contributed by atoms with E-state index < -0.39 is 21.0 Å². The fourth-order valence-electron chi connectivity index (χ4n) is 0. The van der Waals surface area contributed by atoms with Gasteiger partial charge in [0.2, 0.25) is 0 Å². The summed E-state index contributed by atoms with van der Waals surface area (Å²) in [6.07, 6.45) is -2.33. The van der Waals surface area contributed by atoms with Gasteiger partial charge >= 0.3 is 39.6 Å². The fraction of sp³-hybridized carbons (Fsp3) is 0. The van der Waals surface area contributed by atoms with Crippen LogP contribution in [0.1, 0.15) is 0 Å². The van der Waals surface area contributed by atoms with Crippen LogP contribution in [-0.2, 0) is 39.6 Å². The van der Waals surface area contributed by atoms with Crippen LogP contribution in [-0.4, -0.2) is 6.16 Å². The molecule has 0 aromatic carbocycles. The Bertz CT molecular complexity index is 78.4. The van der Waals surface area contributed by atoms with Crippen LogP contribution >= 0.6 is 0 Å². The van der Waals surface area contributed by atoms with E-state index in [1.807, 2.05) is 0 Å². The first-order valence-electron chi connectivity index (χ1n) is 0.921. The summed E-state index contributed by atoms with van der Waals surface area (Å²) in [6, 6.07) is 0. The van der Waals surface area contributed by atoms with Crippen molar-refractivity contribution in [2.24, 2.45) is 0 Å². The Morgan fingerprint density at radius 3 is 1.25 bits per heavy atom. The second-order valence-electron chi connectivity index (χ2n) is 0.313. The second kappa shape index (κ2) is 15.8. The van der Waals surface area contributed by atoms with E-state index >= 15 is 0 Å². The van der Waals surface area contributed by atoms with Crippen molar-refractivity contribution in [1.82, 2.24) is 0 Å². The maximum absolute atomic E-state index is 8.41. The van der Waals surface area contributed by atoms with Gasteiger partial charge in [0.1, 0.15) is 0 Å². The van der Waals surface area contributed by atoms with Gasteiger partial charge < -0.3 is 15.0 Å². The molecule has 0 fully saturated rings.